The van der Waals surface area contributed by atoms with Crippen molar-refractivity contribution >= 4 is 11.3 Å². The Hall–Kier alpha value is -0.450. The Kier molecular flexibility index (Phi) is 3.91. The summed E-state index contributed by atoms with van der Waals surface area (Å²) < 4.78 is 5.97. The van der Waals surface area contributed by atoms with Crippen LogP contribution in [0.4, 0.5) is 0 Å². The normalized spacial score (nSPS) is 34.4. The van der Waals surface area contributed by atoms with Crippen molar-refractivity contribution in [1.82, 2.24) is 10.3 Å². The number of thiazole rings is 1. The Labute approximate surface area is 126 Å². The fraction of sp³-hybridized carbons (Fsp3) is 0.812. The van der Waals surface area contributed by atoms with Gasteiger partial charge < -0.3 is 10.1 Å². The molecule has 0 bridgehead atoms. The van der Waals surface area contributed by atoms with E-state index >= 15 is 0 Å². The molecule has 0 spiro atoms. The van der Waals surface area contributed by atoms with E-state index in [1.165, 1.54) is 28.4 Å². The molecule has 2 fully saturated rings. The van der Waals surface area contributed by atoms with Crippen molar-refractivity contribution in [3.05, 3.63) is 15.6 Å². The third kappa shape index (κ3) is 2.78. The van der Waals surface area contributed by atoms with Gasteiger partial charge in [0.15, 0.2) is 0 Å². The molecule has 1 aromatic heterocycles. The lowest BCUT2D eigenvalue weighted by Crippen LogP contribution is -2.51. The zero-order chi connectivity index (χ0) is 14.3. The molecule has 1 aromatic rings. The Morgan fingerprint density at radius 1 is 1.30 bits per heavy atom. The molecule has 3 rings (SSSR count). The summed E-state index contributed by atoms with van der Waals surface area (Å²) in [6.07, 6.45) is 6.36. The first-order valence-corrected chi connectivity index (χ1v) is 8.74. The smallest absolute Gasteiger partial charge is 0.113 e. The van der Waals surface area contributed by atoms with Crippen LogP contribution in [0.3, 0.4) is 0 Å². The molecule has 2 atom stereocenters. The number of hydrogen-bond acceptors (Lipinski definition) is 4. The van der Waals surface area contributed by atoms with Crippen LogP contribution >= 0.6 is 11.3 Å². The molecule has 2 heterocycles. The Bertz CT molecular complexity index is 465. The molecule has 1 saturated carbocycles. The number of nitrogens with zero attached hydrogens (tertiary/aromatic N) is 1. The highest BCUT2D eigenvalue weighted by Gasteiger charge is 2.45. The highest BCUT2D eigenvalue weighted by molar-refractivity contribution is 7.11. The van der Waals surface area contributed by atoms with Crippen molar-refractivity contribution < 1.29 is 4.74 Å². The van der Waals surface area contributed by atoms with Crippen LogP contribution in [0.2, 0.25) is 0 Å². The number of hydrogen-bond donors (Lipinski definition) is 1. The van der Waals surface area contributed by atoms with Crippen LogP contribution in [0.25, 0.3) is 0 Å². The molecule has 1 saturated heterocycles. The van der Waals surface area contributed by atoms with Gasteiger partial charge >= 0.3 is 0 Å². The van der Waals surface area contributed by atoms with Crippen LogP contribution in [0.5, 0.6) is 0 Å². The second-order valence-corrected chi connectivity index (χ2v) is 7.74. The quantitative estimate of drug-likeness (QED) is 0.922. The first-order valence-electron chi connectivity index (χ1n) is 7.92. The van der Waals surface area contributed by atoms with Crippen molar-refractivity contribution in [2.45, 2.75) is 83.6 Å². The van der Waals surface area contributed by atoms with Gasteiger partial charge in [0, 0.05) is 10.9 Å². The summed E-state index contributed by atoms with van der Waals surface area (Å²) in [5.74, 6) is 0. The fourth-order valence-electron chi connectivity index (χ4n) is 3.49. The van der Waals surface area contributed by atoms with Gasteiger partial charge in [0.1, 0.15) is 5.01 Å². The second-order valence-electron chi connectivity index (χ2n) is 6.54. The summed E-state index contributed by atoms with van der Waals surface area (Å²) in [4.78, 5) is 6.36. The molecule has 0 amide bonds. The summed E-state index contributed by atoms with van der Waals surface area (Å²) >= 11 is 1.89. The number of ether oxygens (including phenoxy) is 1. The summed E-state index contributed by atoms with van der Waals surface area (Å²) in [7, 11) is 0. The van der Waals surface area contributed by atoms with Crippen molar-refractivity contribution in [1.29, 1.82) is 0 Å². The van der Waals surface area contributed by atoms with Gasteiger partial charge in [-0.3, -0.25) is 0 Å². The van der Waals surface area contributed by atoms with Gasteiger partial charge in [-0.25, -0.2) is 4.98 Å². The minimum atomic E-state index is 0.0428. The fourth-order valence-corrected chi connectivity index (χ4v) is 4.67. The van der Waals surface area contributed by atoms with Crippen LogP contribution in [0.15, 0.2) is 0 Å². The summed E-state index contributed by atoms with van der Waals surface area (Å²) in [5, 5.41) is 5.21. The zero-order valence-corrected chi connectivity index (χ0v) is 13.8. The highest BCUT2D eigenvalue weighted by atomic mass is 32.1. The molecule has 0 aromatic carbocycles. The number of rotatable bonds is 4. The number of aromatic nitrogens is 1. The Morgan fingerprint density at radius 2 is 1.95 bits per heavy atom. The maximum absolute atomic E-state index is 5.97. The maximum Gasteiger partial charge on any atom is 0.113 e. The number of aryl methyl sites for hydroxylation is 2. The molecule has 20 heavy (non-hydrogen) atoms. The number of nitrogens with one attached hydrogen (secondary N) is 1. The lowest BCUT2D eigenvalue weighted by molar-refractivity contribution is -0.0718. The van der Waals surface area contributed by atoms with Gasteiger partial charge in [-0.05, 0) is 52.9 Å². The van der Waals surface area contributed by atoms with E-state index in [2.05, 4.69) is 33.0 Å². The lowest BCUT2D eigenvalue weighted by atomic mass is 9.84. The molecule has 1 N–H and O–H groups in total. The molecular weight excluding hydrogens is 268 g/mol. The van der Waals surface area contributed by atoms with Gasteiger partial charge in [0.05, 0.1) is 23.4 Å². The van der Waals surface area contributed by atoms with Crippen LogP contribution in [-0.2, 0) is 16.7 Å². The first kappa shape index (κ1) is 14.5. The van der Waals surface area contributed by atoms with Gasteiger partial charge in [-0.1, -0.05) is 6.92 Å². The van der Waals surface area contributed by atoms with E-state index in [9.17, 15) is 0 Å². The van der Waals surface area contributed by atoms with E-state index in [-0.39, 0.29) is 5.54 Å². The van der Waals surface area contributed by atoms with Crippen molar-refractivity contribution in [3.8, 4) is 0 Å². The summed E-state index contributed by atoms with van der Waals surface area (Å²) in [6.45, 7) is 8.79. The first-order chi connectivity index (χ1) is 9.52. The molecule has 2 aliphatic rings. The highest BCUT2D eigenvalue weighted by Crippen LogP contribution is 2.42. The van der Waals surface area contributed by atoms with Crippen molar-refractivity contribution in [3.63, 3.8) is 0 Å². The van der Waals surface area contributed by atoms with E-state index < -0.39 is 0 Å². The van der Waals surface area contributed by atoms with Crippen LogP contribution in [-0.4, -0.2) is 23.2 Å². The lowest BCUT2D eigenvalue weighted by Gasteiger charge is -2.42. The summed E-state index contributed by atoms with van der Waals surface area (Å²) in [6, 6.07) is 0.696. The third-order valence-corrected chi connectivity index (χ3v) is 5.65. The Balaban J connectivity index is 1.94. The van der Waals surface area contributed by atoms with E-state index in [0.717, 1.165) is 19.3 Å². The monoisotopic (exact) mass is 294 g/mol. The molecule has 1 aliphatic carbocycles. The van der Waals surface area contributed by atoms with E-state index in [1.807, 2.05) is 11.3 Å². The van der Waals surface area contributed by atoms with Gasteiger partial charge in [-0.2, -0.15) is 0 Å². The molecule has 3 nitrogen and oxygen atoms in total. The molecule has 0 radical (unpaired) electrons. The predicted molar refractivity (Wildman–Crippen MR) is 83.3 cm³/mol. The van der Waals surface area contributed by atoms with Crippen LogP contribution < -0.4 is 5.32 Å². The molecule has 1 aliphatic heterocycles. The second kappa shape index (κ2) is 5.39. The average molecular weight is 294 g/mol. The van der Waals surface area contributed by atoms with Gasteiger partial charge in [0.2, 0.25) is 0 Å². The Morgan fingerprint density at radius 3 is 2.45 bits per heavy atom. The molecule has 4 heteroatoms. The van der Waals surface area contributed by atoms with Crippen LogP contribution in [0, 0.1) is 6.92 Å². The van der Waals surface area contributed by atoms with Crippen molar-refractivity contribution in [2.75, 3.05) is 0 Å². The average Bonchev–Trinajstić information content (AvgIpc) is 3.08. The van der Waals surface area contributed by atoms with E-state index in [1.54, 1.807) is 0 Å². The minimum Gasteiger partial charge on any atom is -0.375 e. The van der Waals surface area contributed by atoms with Gasteiger partial charge in [-0.15, -0.1) is 11.3 Å². The molecule has 112 valence electrons. The van der Waals surface area contributed by atoms with Gasteiger partial charge in [0.25, 0.3) is 0 Å². The maximum atomic E-state index is 5.97. The zero-order valence-electron chi connectivity index (χ0n) is 13.0. The molecule has 2 unspecified atom stereocenters. The van der Waals surface area contributed by atoms with E-state index in [0.29, 0.717) is 18.2 Å². The SMILES string of the molecule is CCc1nc(C2(NC3CC3)CC(C)OC(C)C2)sc1C. The van der Waals surface area contributed by atoms with Crippen LogP contribution in [0.1, 0.15) is 62.0 Å². The van der Waals surface area contributed by atoms with Crippen molar-refractivity contribution in [2.24, 2.45) is 0 Å². The summed E-state index contributed by atoms with van der Waals surface area (Å²) in [5.41, 5.74) is 1.31. The largest absolute Gasteiger partial charge is 0.375 e. The molecular formula is C16H26N2OS. The predicted octanol–water partition coefficient (Wildman–Crippen LogP) is 3.55. The minimum absolute atomic E-state index is 0.0428. The standard InChI is InChI=1S/C16H26N2OS/c1-5-14-12(4)20-15(17-14)16(18-13-6-7-13)8-10(2)19-11(3)9-16/h10-11,13,18H,5-9H2,1-4H3. The third-order valence-electron chi connectivity index (χ3n) is 4.43. The van der Waals surface area contributed by atoms with E-state index in [4.69, 9.17) is 9.72 Å². The topological polar surface area (TPSA) is 34.2 Å².